The number of hydrogen-bond donors (Lipinski definition) is 12. The molecule has 23 heteroatoms. The van der Waals surface area contributed by atoms with Crippen LogP contribution in [0.5, 0.6) is 23.0 Å². The van der Waals surface area contributed by atoms with Gasteiger partial charge < -0.3 is 98.9 Å². The number of aromatic hydroxyl groups is 2. The second-order valence-electron chi connectivity index (χ2n) is 13.9. The van der Waals surface area contributed by atoms with Crippen LogP contribution in [0.2, 0.25) is 0 Å². The predicted octanol–water partition coefficient (Wildman–Crippen LogP) is -3.89. The summed E-state index contributed by atoms with van der Waals surface area (Å²) in [5.74, 6) is -5.14. The first-order chi connectivity index (χ1) is 27.9. The van der Waals surface area contributed by atoms with Crippen molar-refractivity contribution in [3.63, 3.8) is 0 Å². The molecule has 324 valence electrons. The maximum atomic E-state index is 14.3. The third-order valence-electron chi connectivity index (χ3n) is 9.82. The molecule has 3 aliphatic rings. The van der Waals surface area contributed by atoms with Crippen LogP contribution in [0.15, 0.2) is 45.6 Å². The van der Waals surface area contributed by atoms with Crippen LogP contribution in [0.4, 0.5) is 0 Å². The third kappa shape index (κ3) is 9.07. The van der Waals surface area contributed by atoms with E-state index in [1.54, 1.807) is 0 Å². The molecule has 15 unspecified atom stereocenters. The molecule has 3 fully saturated rings. The van der Waals surface area contributed by atoms with Gasteiger partial charge in [-0.1, -0.05) is 0 Å². The lowest BCUT2D eigenvalue weighted by atomic mass is 9.97. The maximum absolute atomic E-state index is 14.3. The van der Waals surface area contributed by atoms with Crippen molar-refractivity contribution in [2.24, 2.45) is 0 Å². The Balaban J connectivity index is 1.35. The lowest BCUT2D eigenvalue weighted by Gasteiger charge is -2.45. The minimum Gasteiger partial charge on any atom is -0.508 e. The number of carboxylic acid groups (broad SMARTS) is 1. The highest BCUT2D eigenvalue weighted by Gasteiger charge is 2.51. The molecule has 2 aromatic carbocycles. The number of benzene rings is 2. The van der Waals surface area contributed by atoms with Gasteiger partial charge in [-0.05, 0) is 31.2 Å². The van der Waals surface area contributed by atoms with Gasteiger partial charge in [-0.2, -0.15) is 0 Å². The van der Waals surface area contributed by atoms with Crippen LogP contribution in [-0.2, 0) is 33.3 Å². The zero-order valence-corrected chi connectivity index (χ0v) is 30.6. The summed E-state index contributed by atoms with van der Waals surface area (Å²) < 4.78 is 44.9. The molecule has 23 nitrogen and oxygen atoms in total. The normalized spacial score (nSPS) is 34.9. The molecule has 0 aliphatic carbocycles. The average molecular weight is 843 g/mol. The van der Waals surface area contributed by atoms with Gasteiger partial charge in [-0.3, -0.25) is 14.4 Å². The van der Waals surface area contributed by atoms with Gasteiger partial charge in [0.2, 0.25) is 23.8 Å². The number of rotatable bonds is 12. The van der Waals surface area contributed by atoms with Crippen LogP contribution in [0, 0.1) is 0 Å². The molecular weight excluding hydrogens is 800 g/mol. The minimum atomic E-state index is -1.97. The van der Waals surface area contributed by atoms with Crippen LogP contribution in [0.3, 0.4) is 0 Å². The highest BCUT2D eigenvalue weighted by Crippen LogP contribution is 2.39. The Morgan fingerprint density at radius 2 is 1.36 bits per heavy atom. The van der Waals surface area contributed by atoms with Crippen molar-refractivity contribution in [3.8, 4) is 34.3 Å². The SMILES string of the molecule is CC1OC(Oc2c(-c3ccc(O)cc3)oc3cc(OC4OC(COC(=O)CC(=O)O)C(O)C(O)C4O)cc(O)c3c2=O)C(OC2OC(CO)C(O)C(O)C2O)C(O)C1O. The first-order valence-corrected chi connectivity index (χ1v) is 17.9. The summed E-state index contributed by atoms with van der Waals surface area (Å²) in [7, 11) is 0. The number of hydrogen-bond acceptors (Lipinski definition) is 22. The Labute approximate surface area is 330 Å². The number of aliphatic hydroxyl groups is 9. The molecule has 3 aromatic rings. The van der Waals surface area contributed by atoms with Crippen molar-refractivity contribution in [2.75, 3.05) is 13.2 Å². The van der Waals surface area contributed by atoms with Gasteiger partial charge in [0.15, 0.2) is 18.2 Å². The Morgan fingerprint density at radius 1 is 0.729 bits per heavy atom. The summed E-state index contributed by atoms with van der Waals surface area (Å²) in [5.41, 5.74) is -1.41. The summed E-state index contributed by atoms with van der Waals surface area (Å²) >= 11 is 0. The lowest BCUT2D eigenvalue weighted by Crippen LogP contribution is -2.64. The van der Waals surface area contributed by atoms with E-state index in [2.05, 4.69) is 0 Å². The average Bonchev–Trinajstić information content (AvgIpc) is 3.19. The molecule has 3 saturated heterocycles. The van der Waals surface area contributed by atoms with Gasteiger partial charge in [0.05, 0.1) is 12.7 Å². The molecule has 0 radical (unpaired) electrons. The van der Waals surface area contributed by atoms with Crippen LogP contribution in [0.1, 0.15) is 13.3 Å². The first kappa shape index (κ1) is 43.8. The fourth-order valence-electron chi connectivity index (χ4n) is 6.56. The largest absolute Gasteiger partial charge is 0.508 e. The van der Waals surface area contributed by atoms with E-state index >= 15 is 0 Å². The quantitative estimate of drug-likeness (QED) is 0.0612. The molecule has 0 amide bonds. The lowest BCUT2D eigenvalue weighted by molar-refractivity contribution is -0.355. The van der Waals surface area contributed by atoms with Gasteiger partial charge in [0, 0.05) is 17.7 Å². The fourth-order valence-corrected chi connectivity index (χ4v) is 6.56. The number of carboxylic acids is 1. The Bertz CT molecular complexity index is 2020. The number of esters is 1. The molecule has 15 atom stereocenters. The molecular formula is C36H42O23. The third-order valence-corrected chi connectivity index (χ3v) is 9.82. The van der Waals surface area contributed by atoms with Crippen molar-refractivity contribution in [2.45, 2.75) is 105 Å². The van der Waals surface area contributed by atoms with Crippen molar-refractivity contribution in [1.29, 1.82) is 0 Å². The summed E-state index contributed by atoms with van der Waals surface area (Å²) in [5, 5.41) is 123. The number of carbonyl (C=O) groups excluding carboxylic acids is 1. The number of fused-ring (bicyclic) bond motifs is 1. The van der Waals surface area contributed by atoms with E-state index in [1.807, 2.05) is 0 Å². The molecule has 12 N–H and O–H groups in total. The monoisotopic (exact) mass is 842 g/mol. The van der Waals surface area contributed by atoms with Crippen molar-refractivity contribution >= 4 is 22.9 Å². The van der Waals surface area contributed by atoms with E-state index in [4.69, 9.17) is 42.7 Å². The van der Waals surface area contributed by atoms with Crippen LogP contribution < -0.4 is 14.9 Å². The summed E-state index contributed by atoms with van der Waals surface area (Å²) in [4.78, 5) is 36.8. The second-order valence-corrected chi connectivity index (χ2v) is 13.9. The van der Waals surface area contributed by atoms with E-state index in [1.165, 1.54) is 31.2 Å². The minimum absolute atomic E-state index is 0.0712. The van der Waals surface area contributed by atoms with Gasteiger partial charge in [0.25, 0.3) is 0 Å². The number of phenols is 2. The summed E-state index contributed by atoms with van der Waals surface area (Å²) in [6.07, 6.45) is -27.5. The van der Waals surface area contributed by atoms with Crippen molar-refractivity contribution in [1.82, 2.24) is 0 Å². The van der Waals surface area contributed by atoms with Gasteiger partial charge in [-0.15, -0.1) is 0 Å². The van der Waals surface area contributed by atoms with Crippen molar-refractivity contribution < 1.29 is 108 Å². The molecule has 0 saturated carbocycles. The second kappa shape index (κ2) is 17.9. The van der Waals surface area contributed by atoms with E-state index in [0.29, 0.717) is 0 Å². The maximum Gasteiger partial charge on any atom is 0.317 e. The fraction of sp³-hybridized carbons (Fsp3) is 0.528. The van der Waals surface area contributed by atoms with E-state index in [-0.39, 0.29) is 17.1 Å². The topological polar surface area (TPSA) is 372 Å². The first-order valence-electron chi connectivity index (χ1n) is 17.9. The standard InChI is InChI=1S/C36H42O23/c1-11-22(43)28(49)33(59-35-30(51)26(47)23(44)17(9-37)56-35)36(53-11)58-32-25(46)21-15(39)6-14(7-16(21)55-31(32)12-2-4-13(38)5-3-12)54-34-29(50)27(48)24(45)18(57-34)10-52-20(42)8-19(40)41/h2-7,11,17-18,22-24,26-30,33-39,43-45,47-51H,8-10H2,1H3,(H,40,41). The number of carbonyl (C=O) groups is 2. The number of aliphatic hydroxyl groups excluding tert-OH is 9. The molecule has 6 rings (SSSR count). The molecule has 4 heterocycles. The molecule has 3 aliphatic heterocycles. The smallest absolute Gasteiger partial charge is 0.317 e. The predicted molar refractivity (Wildman–Crippen MR) is 187 cm³/mol. The van der Waals surface area contributed by atoms with Crippen molar-refractivity contribution in [3.05, 3.63) is 46.6 Å². The zero-order valence-electron chi connectivity index (χ0n) is 30.6. The zero-order chi connectivity index (χ0) is 43.0. The summed E-state index contributed by atoms with van der Waals surface area (Å²) in [6.45, 7) is -0.251. The molecule has 0 bridgehead atoms. The molecule has 59 heavy (non-hydrogen) atoms. The Kier molecular flexibility index (Phi) is 13.3. The number of phenolic OH excluding ortho intramolecular Hbond substituents is 2. The molecule has 1 aromatic heterocycles. The van der Waals surface area contributed by atoms with E-state index in [0.717, 1.165) is 12.1 Å². The van der Waals surface area contributed by atoms with Crippen LogP contribution in [-0.4, -0.2) is 179 Å². The number of ether oxygens (including phenoxy) is 7. The Morgan fingerprint density at radius 3 is 2.00 bits per heavy atom. The van der Waals surface area contributed by atoms with Gasteiger partial charge >= 0.3 is 11.9 Å². The van der Waals surface area contributed by atoms with E-state index in [9.17, 15) is 70.6 Å². The van der Waals surface area contributed by atoms with Gasteiger partial charge in [-0.25, -0.2) is 0 Å². The molecule has 0 spiro atoms. The van der Waals surface area contributed by atoms with E-state index < -0.39 is 157 Å². The van der Waals surface area contributed by atoms with Gasteiger partial charge in [0.1, 0.15) is 102 Å². The highest BCUT2D eigenvalue weighted by atomic mass is 16.8. The number of aliphatic carboxylic acids is 1. The Hall–Kier alpha value is -4.73. The highest BCUT2D eigenvalue weighted by molar-refractivity contribution is 5.90. The summed E-state index contributed by atoms with van der Waals surface area (Å²) in [6, 6.07) is 7.00. The van der Waals surface area contributed by atoms with Crippen LogP contribution >= 0.6 is 0 Å². The van der Waals surface area contributed by atoms with Crippen LogP contribution in [0.25, 0.3) is 22.3 Å².